The highest BCUT2D eigenvalue weighted by Crippen LogP contribution is 2.18. The molecule has 1 atom stereocenters. The van der Waals surface area contributed by atoms with Gasteiger partial charge >= 0.3 is 0 Å². The largest absolute Gasteiger partial charge is 0.351 e. The number of aryl methyl sites for hydroxylation is 1. The van der Waals surface area contributed by atoms with Crippen LogP contribution in [0, 0.1) is 18.7 Å². The van der Waals surface area contributed by atoms with E-state index >= 15 is 0 Å². The Morgan fingerprint density at radius 2 is 2.26 bits per heavy atom. The molecule has 0 radical (unpaired) electrons. The first kappa shape index (κ1) is 19.9. The van der Waals surface area contributed by atoms with E-state index in [2.05, 4.69) is 10.2 Å². The summed E-state index contributed by atoms with van der Waals surface area (Å²) in [4.78, 5) is 14.2. The minimum absolute atomic E-state index is 0. The molecule has 1 amide bonds. The lowest BCUT2D eigenvalue weighted by Gasteiger charge is -2.32. The molecule has 0 bridgehead atoms. The van der Waals surface area contributed by atoms with E-state index in [0.717, 1.165) is 31.5 Å². The van der Waals surface area contributed by atoms with E-state index in [0.29, 0.717) is 31.1 Å². The molecule has 1 fully saturated rings. The number of amides is 1. The standard InChI is InChI=1S/C17H26FN3O.ClH/c1-13-4-5-15(9-16(13)18)10-20-17(22)12-21-8-2-3-14(11-21)6-7-19;/h4-5,9,14H,2-3,6-8,10-12,19H2,1H3,(H,20,22);1H. The number of carbonyl (C=O) groups excluding carboxylic acids is 1. The van der Waals surface area contributed by atoms with Gasteiger partial charge in [-0.05, 0) is 62.4 Å². The minimum atomic E-state index is -0.229. The Labute approximate surface area is 144 Å². The number of likely N-dealkylation sites (tertiary alicyclic amines) is 1. The monoisotopic (exact) mass is 343 g/mol. The lowest BCUT2D eigenvalue weighted by Crippen LogP contribution is -2.42. The second-order valence-electron chi connectivity index (χ2n) is 6.18. The van der Waals surface area contributed by atoms with Crippen molar-refractivity contribution in [1.82, 2.24) is 10.2 Å². The third-order valence-electron chi connectivity index (χ3n) is 4.27. The quantitative estimate of drug-likeness (QED) is 0.832. The summed E-state index contributed by atoms with van der Waals surface area (Å²) in [6.45, 7) is 5.14. The first-order chi connectivity index (χ1) is 10.6. The number of nitrogens with zero attached hydrogens (tertiary/aromatic N) is 1. The number of hydrogen-bond donors (Lipinski definition) is 2. The third-order valence-corrected chi connectivity index (χ3v) is 4.27. The van der Waals surface area contributed by atoms with Crippen molar-refractivity contribution >= 4 is 18.3 Å². The van der Waals surface area contributed by atoms with Crippen LogP contribution in [0.25, 0.3) is 0 Å². The molecule has 1 unspecified atom stereocenters. The molecule has 0 aliphatic carbocycles. The van der Waals surface area contributed by atoms with Gasteiger partial charge in [-0.2, -0.15) is 0 Å². The van der Waals surface area contributed by atoms with Crippen molar-refractivity contribution in [1.29, 1.82) is 0 Å². The van der Waals surface area contributed by atoms with Gasteiger partial charge in [0.25, 0.3) is 0 Å². The Kier molecular flexibility index (Phi) is 8.52. The van der Waals surface area contributed by atoms with Crippen molar-refractivity contribution in [2.24, 2.45) is 11.7 Å². The summed E-state index contributed by atoms with van der Waals surface area (Å²) < 4.78 is 13.5. The summed E-state index contributed by atoms with van der Waals surface area (Å²) in [6, 6.07) is 5.06. The number of carbonyl (C=O) groups is 1. The zero-order chi connectivity index (χ0) is 15.9. The zero-order valence-corrected chi connectivity index (χ0v) is 14.5. The normalized spacial score (nSPS) is 18.3. The van der Waals surface area contributed by atoms with Crippen molar-refractivity contribution in [2.75, 3.05) is 26.2 Å². The molecule has 23 heavy (non-hydrogen) atoms. The fourth-order valence-electron chi connectivity index (χ4n) is 2.97. The highest BCUT2D eigenvalue weighted by molar-refractivity contribution is 5.85. The lowest BCUT2D eigenvalue weighted by molar-refractivity contribution is -0.122. The molecule has 1 aromatic carbocycles. The minimum Gasteiger partial charge on any atom is -0.351 e. The molecule has 1 aliphatic heterocycles. The summed E-state index contributed by atoms with van der Waals surface area (Å²) in [5.74, 6) is 0.375. The van der Waals surface area contributed by atoms with Crippen molar-refractivity contribution < 1.29 is 9.18 Å². The number of benzene rings is 1. The lowest BCUT2D eigenvalue weighted by atomic mass is 9.95. The van der Waals surface area contributed by atoms with Gasteiger partial charge in [0.2, 0.25) is 5.91 Å². The molecule has 0 saturated carbocycles. The summed E-state index contributed by atoms with van der Waals surface area (Å²) in [5.41, 5.74) is 7.02. The molecule has 1 aliphatic rings. The van der Waals surface area contributed by atoms with Gasteiger partial charge in [-0.25, -0.2) is 4.39 Å². The van der Waals surface area contributed by atoms with Gasteiger partial charge in [0.15, 0.2) is 0 Å². The van der Waals surface area contributed by atoms with Crippen LogP contribution in [-0.4, -0.2) is 37.0 Å². The summed E-state index contributed by atoms with van der Waals surface area (Å²) in [6.07, 6.45) is 3.36. The van der Waals surface area contributed by atoms with E-state index in [9.17, 15) is 9.18 Å². The Morgan fingerprint density at radius 1 is 1.48 bits per heavy atom. The topological polar surface area (TPSA) is 58.4 Å². The first-order valence-corrected chi connectivity index (χ1v) is 8.02. The van der Waals surface area contributed by atoms with Crippen LogP contribution >= 0.6 is 12.4 Å². The van der Waals surface area contributed by atoms with Gasteiger partial charge < -0.3 is 11.1 Å². The van der Waals surface area contributed by atoms with Gasteiger partial charge in [0.1, 0.15) is 5.82 Å². The molecule has 130 valence electrons. The Hall–Kier alpha value is -1.17. The molecular weight excluding hydrogens is 317 g/mol. The van der Waals surface area contributed by atoms with Crippen LogP contribution < -0.4 is 11.1 Å². The van der Waals surface area contributed by atoms with Gasteiger partial charge in [-0.3, -0.25) is 9.69 Å². The fourth-order valence-corrected chi connectivity index (χ4v) is 2.97. The Morgan fingerprint density at radius 3 is 2.96 bits per heavy atom. The average Bonchev–Trinajstić information content (AvgIpc) is 2.49. The van der Waals surface area contributed by atoms with E-state index < -0.39 is 0 Å². The van der Waals surface area contributed by atoms with E-state index in [1.54, 1.807) is 13.0 Å². The van der Waals surface area contributed by atoms with Crippen LogP contribution in [0.5, 0.6) is 0 Å². The number of nitrogens with one attached hydrogen (secondary N) is 1. The zero-order valence-electron chi connectivity index (χ0n) is 13.7. The van der Waals surface area contributed by atoms with Crippen LogP contribution in [0.1, 0.15) is 30.4 Å². The summed E-state index contributed by atoms with van der Waals surface area (Å²) >= 11 is 0. The second-order valence-corrected chi connectivity index (χ2v) is 6.18. The SMILES string of the molecule is Cc1ccc(CNC(=O)CN2CCCC(CCN)C2)cc1F.Cl. The number of hydrogen-bond acceptors (Lipinski definition) is 3. The van der Waals surface area contributed by atoms with Crippen LogP contribution in [-0.2, 0) is 11.3 Å². The predicted octanol–water partition coefficient (Wildman–Crippen LogP) is 2.23. The van der Waals surface area contributed by atoms with Gasteiger partial charge in [0, 0.05) is 13.1 Å². The second kappa shape index (κ2) is 9.85. The van der Waals surface area contributed by atoms with E-state index in [1.807, 2.05) is 6.07 Å². The van der Waals surface area contributed by atoms with Gasteiger partial charge in [-0.15, -0.1) is 12.4 Å². The van der Waals surface area contributed by atoms with Gasteiger partial charge in [-0.1, -0.05) is 12.1 Å². The van der Waals surface area contributed by atoms with E-state index in [-0.39, 0.29) is 24.1 Å². The third kappa shape index (κ3) is 6.45. The summed E-state index contributed by atoms with van der Waals surface area (Å²) in [7, 11) is 0. The summed E-state index contributed by atoms with van der Waals surface area (Å²) in [5, 5.41) is 2.87. The fraction of sp³-hybridized carbons (Fsp3) is 0.588. The molecule has 6 heteroatoms. The number of halogens is 2. The maximum Gasteiger partial charge on any atom is 0.234 e. The number of rotatable bonds is 6. The average molecular weight is 344 g/mol. The highest BCUT2D eigenvalue weighted by Gasteiger charge is 2.20. The Balaban J connectivity index is 0.00000264. The molecule has 1 aromatic rings. The smallest absolute Gasteiger partial charge is 0.234 e. The molecule has 0 spiro atoms. The van der Waals surface area contributed by atoms with E-state index in [4.69, 9.17) is 5.73 Å². The molecule has 0 aromatic heterocycles. The van der Waals surface area contributed by atoms with Crippen molar-refractivity contribution in [3.63, 3.8) is 0 Å². The molecule has 2 rings (SSSR count). The van der Waals surface area contributed by atoms with Crippen molar-refractivity contribution in [3.8, 4) is 0 Å². The molecule has 1 heterocycles. The maximum absolute atomic E-state index is 13.5. The maximum atomic E-state index is 13.5. The molecular formula is C17H27ClFN3O. The van der Waals surface area contributed by atoms with E-state index in [1.165, 1.54) is 12.5 Å². The number of nitrogens with two attached hydrogens (primary N) is 1. The van der Waals surface area contributed by atoms with Crippen molar-refractivity contribution in [2.45, 2.75) is 32.7 Å². The van der Waals surface area contributed by atoms with Crippen LogP contribution in [0.2, 0.25) is 0 Å². The Bertz CT molecular complexity index is 511. The van der Waals surface area contributed by atoms with Gasteiger partial charge in [0.05, 0.1) is 6.54 Å². The van der Waals surface area contributed by atoms with Crippen molar-refractivity contribution in [3.05, 3.63) is 35.1 Å². The van der Waals surface area contributed by atoms with Crippen LogP contribution in [0.3, 0.4) is 0 Å². The van der Waals surface area contributed by atoms with Crippen LogP contribution in [0.4, 0.5) is 4.39 Å². The predicted molar refractivity (Wildman–Crippen MR) is 93.1 cm³/mol. The molecule has 4 nitrogen and oxygen atoms in total. The number of piperidine rings is 1. The highest BCUT2D eigenvalue weighted by atomic mass is 35.5. The molecule has 3 N–H and O–H groups in total. The van der Waals surface area contributed by atoms with Crippen LogP contribution in [0.15, 0.2) is 18.2 Å². The molecule has 1 saturated heterocycles. The first-order valence-electron chi connectivity index (χ1n) is 8.02.